The smallest absolute Gasteiger partial charge is 0.354 e. The molecule has 1 fully saturated rings. The van der Waals surface area contributed by atoms with E-state index in [0.29, 0.717) is 26.1 Å². The number of pyridine rings is 1. The summed E-state index contributed by atoms with van der Waals surface area (Å²) in [4.78, 5) is 28.1. The van der Waals surface area contributed by atoms with E-state index >= 15 is 0 Å². The van der Waals surface area contributed by atoms with E-state index in [1.807, 2.05) is 0 Å². The Morgan fingerprint density at radius 2 is 2.05 bits per heavy atom. The van der Waals surface area contributed by atoms with E-state index in [4.69, 9.17) is 9.84 Å². The summed E-state index contributed by atoms with van der Waals surface area (Å²) in [6.45, 7) is 1.16. The van der Waals surface area contributed by atoms with Crippen LogP contribution in [-0.2, 0) is 4.74 Å². The number of rotatable bonds is 4. The van der Waals surface area contributed by atoms with Gasteiger partial charge < -0.3 is 19.8 Å². The lowest BCUT2D eigenvalue weighted by Gasteiger charge is -2.35. The van der Waals surface area contributed by atoms with Crippen molar-refractivity contribution in [2.75, 3.05) is 26.8 Å². The molecule has 0 unspecified atom stereocenters. The van der Waals surface area contributed by atoms with Crippen LogP contribution in [0.1, 0.15) is 33.7 Å². The number of aliphatic hydroxyl groups is 1. The van der Waals surface area contributed by atoms with Crippen molar-refractivity contribution in [2.24, 2.45) is 0 Å². The molecule has 1 aromatic rings. The van der Waals surface area contributed by atoms with E-state index in [-0.39, 0.29) is 23.7 Å². The van der Waals surface area contributed by atoms with Crippen molar-refractivity contribution >= 4 is 11.9 Å². The van der Waals surface area contributed by atoms with Crippen LogP contribution in [0.15, 0.2) is 18.3 Å². The second kappa shape index (κ2) is 6.19. The zero-order valence-electron chi connectivity index (χ0n) is 11.8. The predicted molar refractivity (Wildman–Crippen MR) is 73.2 cm³/mol. The highest BCUT2D eigenvalue weighted by Crippen LogP contribution is 2.21. The zero-order valence-corrected chi connectivity index (χ0v) is 11.8. The first kappa shape index (κ1) is 15.4. The number of hydrogen-bond donors (Lipinski definition) is 2. The van der Waals surface area contributed by atoms with Crippen LogP contribution in [0.25, 0.3) is 0 Å². The normalized spacial score (nSPS) is 17.2. The van der Waals surface area contributed by atoms with E-state index in [2.05, 4.69) is 4.98 Å². The van der Waals surface area contributed by atoms with Gasteiger partial charge in [0.05, 0.1) is 11.2 Å². The second-order valence-electron chi connectivity index (χ2n) is 5.24. The lowest BCUT2D eigenvalue weighted by atomic mass is 9.94. The fraction of sp³-hybridized carbons (Fsp3) is 0.500. The Labute approximate surface area is 122 Å². The molecule has 0 aliphatic carbocycles. The topological polar surface area (TPSA) is 100.0 Å². The van der Waals surface area contributed by atoms with Gasteiger partial charge in [-0.15, -0.1) is 0 Å². The molecule has 1 aromatic heterocycles. The van der Waals surface area contributed by atoms with Gasteiger partial charge in [0.25, 0.3) is 5.91 Å². The molecule has 1 aliphatic heterocycles. The minimum atomic E-state index is -1.14. The number of carbonyl (C=O) groups excluding carboxylic acids is 1. The van der Waals surface area contributed by atoms with E-state index < -0.39 is 11.6 Å². The molecular formula is C14H18N2O5. The van der Waals surface area contributed by atoms with Crippen molar-refractivity contribution in [3.8, 4) is 0 Å². The van der Waals surface area contributed by atoms with Crippen molar-refractivity contribution < 1.29 is 24.5 Å². The molecule has 2 heterocycles. The van der Waals surface area contributed by atoms with Gasteiger partial charge in [-0.2, -0.15) is 0 Å². The van der Waals surface area contributed by atoms with Crippen LogP contribution >= 0.6 is 0 Å². The van der Waals surface area contributed by atoms with Crippen LogP contribution in [0.3, 0.4) is 0 Å². The van der Waals surface area contributed by atoms with Crippen molar-refractivity contribution in [3.05, 3.63) is 29.6 Å². The number of nitrogens with zero attached hydrogens (tertiary/aromatic N) is 2. The Morgan fingerprint density at radius 1 is 1.38 bits per heavy atom. The van der Waals surface area contributed by atoms with Crippen LogP contribution in [0.2, 0.25) is 0 Å². The third kappa shape index (κ3) is 3.77. The largest absolute Gasteiger partial charge is 0.477 e. The van der Waals surface area contributed by atoms with Crippen molar-refractivity contribution in [1.82, 2.24) is 9.88 Å². The Kier molecular flexibility index (Phi) is 4.54. The first-order valence-electron chi connectivity index (χ1n) is 6.66. The lowest BCUT2D eigenvalue weighted by molar-refractivity contribution is -0.0734. The van der Waals surface area contributed by atoms with E-state index in [1.54, 1.807) is 7.05 Å². The number of carbonyl (C=O) groups is 2. The summed E-state index contributed by atoms with van der Waals surface area (Å²) in [5.74, 6) is -1.45. The quantitative estimate of drug-likeness (QED) is 0.833. The number of carboxylic acid groups (broad SMARTS) is 1. The molecule has 0 bridgehead atoms. The van der Waals surface area contributed by atoms with Crippen LogP contribution in [0, 0.1) is 0 Å². The van der Waals surface area contributed by atoms with Gasteiger partial charge >= 0.3 is 5.97 Å². The van der Waals surface area contributed by atoms with Gasteiger partial charge in [-0.1, -0.05) is 0 Å². The first-order chi connectivity index (χ1) is 9.91. The number of carboxylic acids is 1. The summed E-state index contributed by atoms with van der Waals surface area (Å²) in [5, 5.41) is 19.2. The SMILES string of the molecule is CN(CC1(O)CCOCC1)C(=O)c1ccc(C(=O)O)nc1. The number of likely N-dealkylation sites (N-methyl/N-ethyl adjacent to an activating group) is 1. The minimum Gasteiger partial charge on any atom is -0.477 e. The summed E-state index contributed by atoms with van der Waals surface area (Å²) in [5.41, 5.74) is -0.757. The highest BCUT2D eigenvalue weighted by molar-refractivity contribution is 5.94. The number of amides is 1. The number of aromatic carboxylic acids is 1. The van der Waals surface area contributed by atoms with Crippen LogP contribution in [-0.4, -0.2) is 64.4 Å². The average Bonchev–Trinajstić information content (AvgIpc) is 2.46. The third-order valence-corrected chi connectivity index (χ3v) is 3.53. The number of hydrogen-bond acceptors (Lipinski definition) is 5. The van der Waals surface area contributed by atoms with Crippen molar-refractivity contribution in [3.63, 3.8) is 0 Å². The average molecular weight is 294 g/mol. The molecule has 1 amide bonds. The molecule has 0 atom stereocenters. The Hall–Kier alpha value is -1.99. The summed E-state index contributed by atoms with van der Waals surface area (Å²) in [6, 6.07) is 2.70. The van der Waals surface area contributed by atoms with Crippen molar-refractivity contribution in [2.45, 2.75) is 18.4 Å². The van der Waals surface area contributed by atoms with Crippen LogP contribution in [0.4, 0.5) is 0 Å². The maximum absolute atomic E-state index is 12.2. The van der Waals surface area contributed by atoms with Crippen LogP contribution < -0.4 is 0 Å². The molecule has 1 aliphatic rings. The molecule has 0 spiro atoms. The van der Waals surface area contributed by atoms with Gasteiger partial charge in [-0.05, 0) is 12.1 Å². The standard InChI is InChI=1S/C14H18N2O5/c1-16(9-14(20)4-6-21-7-5-14)12(17)10-2-3-11(13(18)19)15-8-10/h2-3,8,20H,4-7,9H2,1H3,(H,18,19). The van der Waals surface area contributed by atoms with E-state index in [0.717, 1.165) is 0 Å². The molecular weight excluding hydrogens is 276 g/mol. The van der Waals surface area contributed by atoms with Crippen molar-refractivity contribution in [1.29, 1.82) is 0 Å². The fourth-order valence-corrected chi connectivity index (χ4v) is 2.29. The highest BCUT2D eigenvalue weighted by atomic mass is 16.5. The van der Waals surface area contributed by atoms with Gasteiger partial charge in [-0.25, -0.2) is 9.78 Å². The first-order valence-corrected chi connectivity index (χ1v) is 6.66. The monoisotopic (exact) mass is 294 g/mol. The third-order valence-electron chi connectivity index (χ3n) is 3.53. The molecule has 1 saturated heterocycles. The van der Waals surface area contributed by atoms with Gasteiger partial charge in [0.1, 0.15) is 5.69 Å². The Balaban J connectivity index is 2.03. The summed E-state index contributed by atoms with van der Waals surface area (Å²) in [6.07, 6.45) is 2.21. The maximum Gasteiger partial charge on any atom is 0.354 e. The Morgan fingerprint density at radius 3 is 2.57 bits per heavy atom. The molecule has 21 heavy (non-hydrogen) atoms. The molecule has 2 rings (SSSR count). The lowest BCUT2D eigenvalue weighted by Crippen LogP contribution is -2.47. The zero-order chi connectivity index (χ0) is 15.5. The van der Waals surface area contributed by atoms with Gasteiger partial charge in [0, 0.05) is 45.8 Å². The summed E-state index contributed by atoms with van der Waals surface area (Å²) in [7, 11) is 1.60. The van der Waals surface area contributed by atoms with Gasteiger partial charge in [0.15, 0.2) is 0 Å². The van der Waals surface area contributed by atoms with E-state index in [9.17, 15) is 14.7 Å². The Bertz CT molecular complexity index is 523. The molecule has 0 saturated carbocycles. The fourth-order valence-electron chi connectivity index (χ4n) is 2.29. The summed E-state index contributed by atoms with van der Waals surface area (Å²) < 4.78 is 5.20. The molecule has 0 aromatic carbocycles. The molecule has 7 nitrogen and oxygen atoms in total. The number of aromatic nitrogens is 1. The molecule has 2 N–H and O–H groups in total. The van der Waals surface area contributed by atoms with E-state index in [1.165, 1.54) is 23.2 Å². The van der Waals surface area contributed by atoms with Gasteiger partial charge in [-0.3, -0.25) is 4.79 Å². The molecule has 7 heteroatoms. The minimum absolute atomic E-state index is 0.114. The predicted octanol–water partition coefficient (Wildman–Crippen LogP) is 0.393. The maximum atomic E-state index is 12.2. The second-order valence-corrected chi connectivity index (χ2v) is 5.24. The summed E-state index contributed by atoms with van der Waals surface area (Å²) >= 11 is 0. The van der Waals surface area contributed by atoms with Crippen LogP contribution in [0.5, 0.6) is 0 Å². The number of ether oxygens (including phenoxy) is 1. The molecule has 114 valence electrons. The molecule has 0 radical (unpaired) electrons. The highest BCUT2D eigenvalue weighted by Gasteiger charge is 2.32. The van der Waals surface area contributed by atoms with Gasteiger partial charge in [0.2, 0.25) is 0 Å².